The summed E-state index contributed by atoms with van der Waals surface area (Å²) >= 11 is 7.17. The highest BCUT2D eigenvalue weighted by atomic mass is 35.5. The summed E-state index contributed by atoms with van der Waals surface area (Å²) in [7, 11) is 1.28. The van der Waals surface area contributed by atoms with Crippen LogP contribution in [0.5, 0.6) is 5.75 Å². The molecule has 1 aromatic carbocycles. The third-order valence-electron chi connectivity index (χ3n) is 2.50. The van der Waals surface area contributed by atoms with Crippen LogP contribution in [0.4, 0.5) is 5.69 Å². The first-order valence-electron chi connectivity index (χ1n) is 5.94. The van der Waals surface area contributed by atoms with Crippen molar-refractivity contribution in [3.05, 3.63) is 45.6 Å². The number of methoxy groups -OCH3 is 1. The van der Waals surface area contributed by atoms with Crippen molar-refractivity contribution in [3.8, 4) is 5.75 Å². The fourth-order valence-corrected chi connectivity index (χ4v) is 2.54. The largest absolute Gasteiger partial charge is 0.482 e. The molecule has 1 heterocycles. The van der Waals surface area contributed by atoms with E-state index < -0.39 is 5.97 Å². The van der Waals surface area contributed by atoms with Gasteiger partial charge in [-0.1, -0.05) is 17.7 Å². The van der Waals surface area contributed by atoms with Crippen molar-refractivity contribution in [1.29, 1.82) is 0 Å². The molecule has 21 heavy (non-hydrogen) atoms. The van der Waals surface area contributed by atoms with Gasteiger partial charge in [0.1, 0.15) is 10.6 Å². The van der Waals surface area contributed by atoms with Gasteiger partial charge in [0, 0.05) is 11.8 Å². The Labute approximate surface area is 130 Å². The number of rotatable bonds is 5. The molecule has 0 unspecified atom stereocenters. The summed E-state index contributed by atoms with van der Waals surface area (Å²) in [5.74, 6) is -0.314. The number of anilines is 1. The number of benzene rings is 1. The number of halogens is 1. The summed E-state index contributed by atoms with van der Waals surface area (Å²) < 4.78 is 9.73. The zero-order valence-electron chi connectivity index (χ0n) is 11.1. The number of thiophene rings is 1. The molecule has 0 bridgehead atoms. The molecule has 1 N–H and O–H groups in total. The third kappa shape index (κ3) is 4.21. The van der Waals surface area contributed by atoms with Crippen LogP contribution in [0.25, 0.3) is 0 Å². The number of esters is 1. The second kappa shape index (κ2) is 7.10. The Morgan fingerprint density at radius 1 is 1.33 bits per heavy atom. The Hall–Kier alpha value is -2.05. The molecule has 0 saturated carbocycles. The molecule has 2 aromatic rings. The topological polar surface area (TPSA) is 64.6 Å². The summed E-state index contributed by atoms with van der Waals surface area (Å²) in [6, 6.07) is 8.37. The monoisotopic (exact) mass is 325 g/mol. The van der Waals surface area contributed by atoms with E-state index in [0.29, 0.717) is 21.3 Å². The normalized spacial score (nSPS) is 10.0. The van der Waals surface area contributed by atoms with E-state index in [1.165, 1.54) is 18.4 Å². The molecule has 110 valence electrons. The van der Waals surface area contributed by atoms with Gasteiger partial charge in [0.05, 0.1) is 12.1 Å². The molecule has 0 aliphatic carbocycles. The van der Waals surface area contributed by atoms with Crippen LogP contribution in [-0.4, -0.2) is 25.6 Å². The minimum Gasteiger partial charge on any atom is -0.482 e. The number of ether oxygens (including phenoxy) is 2. The smallest absolute Gasteiger partial charge is 0.343 e. The lowest BCUT2D eigenvalue weighted by molar-refractivity contribution is -0.142. The van der Waals surface area contributed by atoms with Gasteiger partial charge >= 0.3 is 5.97 Å². The second-order valence-corrected chi connectivity index (χ2v) is 5.27. The Morgan fingerprint density at radius 3 is 2.81 bits per heavy atom. The van der Waals surface area contributed by atoms with Gasteiger partial charge in [-0.2, -0.15) is 0 Å². The zero-order valence-corrected chi connectivity index (χ0v) is 12.7. The summed E-state index contributed by atoms with van der Waals surface area (Å²) in [6.45, 7) is -0.190. The summed E-state index contributed by atoms with van der Waals surface area (Å²) in [6.07, 6.45) is 0. The maximum absolute atomic E-state index is 12.0. The summed E-state index contributed by atoms with van der Waals surface area (Å²) in [5, 5.41) is 4.87. The maximum Gasteiger partial charge on any atom is 0.343 e. The molecule has 2 rings (SSSR count). The highest BCUT2D eigenvalue weighted by Crippen LogP contribution is 2.24. The van der Waals surface area contributed by atoms with Gasteiger partial charge in [-0.25, -0.2) is 4.79 Å². The van der Waals surface area contributed by atoms with Crippen LogP contribution in [0, 0.1) is 0 Å². The molecule has 0 aliphatic rings. The summed E-state index contributed by atoms with van der Waals surface area (Å²) in [5.41, 5.74) is 0.548. The van der Waals surface area contributed by atoms with E-state index >= 15 is 0 Å². The predicted molar refractivity (Wildman–Crippen MR) is 81.2 cm³/mol. The van der Waals surface area contributed by atoms with Crippen molar-refractivity contribution in [3.63, 3.8) is 0 Å². The first kappa shape index (κ1) is 15.3. The molecule has 0 saturated heterocycles. The average Bonchev–Trinajstić information content (AvgIpc) is 2.91. The van der Waals surface area contributed by atoms with E-state index in [1.54, 1.807) is 35.7 Å². The highest BCUT2D eigenvalue weighted by Gasteiger charge is 2.12. The van der Waals surface area contributed by atoms with Crippen molar-refractivity contribution in [1.82, 2.24) is 0 Å². The van der Waals surface area contributed by atoms with Crippen molar-refractivity contribution in [2.75, 3.05) is 19.0 Å². The summed E-state index contributed by atoms with van der Waals surface area (Å²) in [4.78, 5) is 23.5. The standard InChI is InChI=1S/C14H12ClNO4S/c1-19-12(17)8-20-10-4-2-3-9(7-10)16-14(18)13-11(15)5-6-21-13/h2-7H,8H2,1H3,(H,16,18). The average molecular weight is 326 g/mol. The molecule has 7 heteroatoms. The zero-order chi connectivity index (χ0) is 15.2. The third-order valence-corrected chi connectivity index (χ3v) is 3.84. The Kier molecular flexibility index (Phi) is 5.19. The molecule has 1 aromatic heterocycles. The number of hydrogen-bond donors (Lipinski definition) is 1. The van der Waals surface area contributed by atoms with Crippen molar-refractivity contribution >= 4 is 40.5 Å². The number of nitrogens with one attached hydrogen (secondary N) is 1. The van der Waals surface area contributed by atoms with E-state index in [9.17, 15) is 9.59 Å². The Morgan fingerprint density at radius 2 is 2.14 bits per heavy atom. The van der Waals surface area contributed by atoms with Gasteiger partial charge in [0.15, 0.2) is 6.61 Å². The fourth-order valence-electron chi connectivity index (χ4n) is 1.51. The van der Waals surface area contributed by atoms with Gasteiger partial charge in [-0.15, -0.1) is 11.3 Å². The lowest BCUT2D eigenvalue weighted by Gasteiger charge is -2.08. The molecule has 0 fully saturated rings. The van der Waals surface area contributed by atoms with Gasteiger partial charge in [-0.3, -0.25) is 4.79 Å². The lowest BCUT2D eigenvalue weighted by Crippen LogP contribution is -2.13. The first-order chi connectivity index (χ1) is 10.1. The molecule has 0 aliphatic heterocycles. The lowest BCUT2D eigenvalue weighted by atomic mass is 10.3. The van der Waals surface area contributed by atoms with E-state index in [2.05, 4.69) is 10.1 Å². The molecule has 5 nitrogen and oxygen atoms in total. The van der Waals surface area contributed by atoms with Crippen LogP contribution in [0.15, 0.2) is 35.7 Å². The van der Waals surface area contributed by atoms with Crippen LogP contribution in [0.1, 0.15) is 9.67 Å². The molecule has 0 spiro atoms. The number of amides is 1. The van der Waals surface area contributed by atoms with Crippen LogP contribution in [0.2, 0.25) is 5.02 Å². The Bertz CT molecular complexity index is 656. The quantitative estimate of drug-likeness (QED) is 0.857. The Balaban J connectivity index is 2.02. The van der Waals surface area contributed by atoms with Crippen LogP contribution in [0.3, 0.4) is 0 Å². The van der Waals surface area contributed by atoms with Crippen LogP contribution < -0.4 is 10.1 Å². The van der Waals surface area contributed by atoms with Gasteiger partial charge < -0.3 is 14.8 Å². The molecule has 0 radical (unpaired) electrons. The number of hydrogen-bond acceptors (Lipinski definition) is 5. The molecule has 0 atom stereocenters. The predicted octanol–water partition coefficient (Wildman–Crippen LogP) is 3.21. The van der Waals surface area contributed by atoms with Crippen LogP contribution >= 0.6 is 22.9 Å². The minimum atomic E-state index is -0.477. The first-order valence-corrected chi connectivity index (χ1v) is 7.20. The minimum absolute atomic E-state index is 0.190. The molecular weight excluding hydrogens is 314 g/mol. The van der Waals surface area contributed by atoms with E-state index in [0.717, 1.165) is 0 Å². The molecule has 1 amide bonds. The SMILES string of the molecule is COC(=O)COc1cccc(NC(=O)c2sccc2Cl)c1. The van der Waals surface area contributed by atoms with Gasteiger partial charge in [0.2, 0.25) is 0 Å². The van der Waals surface area contributed by atoms with Crippen LogP contribution in [-0.2, 0) is 9.53 Å². The van der Waals surface area contributed by atoms with Crippen molar-refractivity contribution in [2.45, 2.75) is 0 Å². The van der Waals surface area contributed by atoms with Gasteiger partial charge in [-0.05, 0) is 23.6 Å². The maximum atomic E-state index is 12.0. The van der Waals surface area contributed by atoms with E-state index in [1.807, 2.05) is 0 Å². The number of carbonyl (C=O) groups is 2. The number of carbonyl (C=O) groups excluding carboxylic acids is 2. The fraction of sp³-hybridized carbons (Fsp3) is 0.143. The van der Waals surface area contributed by atoms with Crippen molar-refractivity contribution < 1.29 is 19.1 Å². The van der Waals surface area contributed by atoms with E-state index in [4.69, 9.17) is 16.3 Å². The van der Waals surface area contributed by atoms with Gasteiger partial charge in [0.25, 0.3) is 5.91 Å². The highest BCUT2D eigenvalue weighted by molar-refractivity contribution is 7.12. The van der Waals surface area contributed by atoms with Crippen molar-refractivity contribution in [2.24, 2.45) is 0 Å². The second-order valence-electron chi connectivity index (χ2n) is 3.94. The molecular formula is C14H12ClNO4S. The van der Waals surface area contributed by atoms with E-state index in [-0.39, 0.29) is 12.5 Å².